The van der Waals surface area contributed by atoms with Gasteiger partial charge in [0.2, 0.25) is 0 Å². The van der Waals surface area contributed by atoms with Gasteiger partial charge in [0.15, 0.2) is 9.84 Å². The number of sulfone groups is 1. The second kappa shape index (κ2) is 5.12. The van der Waals surface area contributed by atoms with E-state index < -0.39 is 9.84 Å². The zero-order valence-electron chi connectivity index (χ0n) is 13.1. The average Bonchev–Trinajstić information content (AvgIpc) is 2.89. The van der Waals surface area contributed by atoms with Crippen LogP contribution < -0.4 is 0 Å². The Hall–Kier alpha value is -1.37. The lowest BCUT2D eigenvalue weighted by atomic mass is 9.88. The number of rotatable bonds is 2. The molecule has 0 saturated carbocycles. The molecule has 0 N–H and O–H groups in total. The van der Waals surface area contributed by atoms with Crippen LogP contribution in [0.4, 0.5) is 0 Å². The molecule has 0 aromatic carbocycles. The van der Waals surface area contributed by atoms with Crippen molar-refractivity contribution in [3.8, 4) is 0 Å². The van der Waals surface area contributed by atoms with E-state index in [9.17, 15) is 13.2 Å². The van der Waals surface area contributed by atoms with E-state index in [1.54, 1.807) is 14.0 Å². The number of carbonyl (C=O) groups is 1. The summed E-state index contributed by atoms with van der Waals surface area (Å²) in [6.45, 7) is 7.58. The van der Waals surface area contributed by atoms with Gasteiger partial charge < -0.3 is 9.42 Å². The Morgan fingerprint density at radius 2 is 2.00 bits per heavy atom. The quantitative estimate of drug-likeness (QED) is 0.827. The third kappa shape index (κ3) is 3.12. The number of aromatic nitrogens is 1. The lowest BCUT2D eigenvalue weighted by Crippen LogP contribution is -2.39. The van der Waals surface area contributed by atoms with Gasteiger partial charge in [0.05, 0.1) is 11.5 Å². The zero-order valence-corrected chi connectivity index (χ0v) is 14.0. The van der Waals surface area contributed by atoms with E-state index in [-0.39, 0.29) is 28.9 Å². The maximum atomic E-state index is 12.7. The maximum absolute atomic E-state index is 12.7. The predicted molar refractivity (Wildman–Crippen MR) is 79.1 cm³/mol. The highest BCUT2D eigenvalue weighted by molar-refractivity contribution is 7.91. The van der Waals surface area contributed by atoms with E-state index in [0.717, 1.165) is 0 Å². The number of hydrogen-bond acceptors (Lipinski definition) is 5. The molecule has 1 aromatic heterocycles. The number of carbonyl (C=O) groups excluding carboxylic acids is 1. The normalized spacial score (nSPS) is 21.5. The fourth-order valence-electron chi connectivity index (χ4n) is 2.56. The maximum Gasteiger partial charge on any atom is 0.259 e. The Kier molecular flexibility index (Phi) is 3.90. The van der Waals surface area contributed by atoms with Gasteiger partial charge in [-0.15, -0.1) is 0 Å². The van der Waals surface area contributed by atoms with Crippen molar-refractivity contribution in [1.82, 2.24) is 10.1 Å². The minimum absolute atomic E-state index is 0.0322. The Morgan fingerprint density at radius 3 is 2.48 bits per heavy atom. The summed E-state index contributed by atoms with van der Waals surface area (Å²) in [5.74, 6) is 0.424. The van der Waals surface area contributed by atoms with Crippen molar-refractivity contribution in [3.05, 3.63) is 17.0 Å². The first kappa shape index (κ1) is 16.0. The Balaban J connectivity index is 2.31. The van der Waals surface area contributed by atoms with Gasteiger partial charge in [-0.3, -0.25) is 4.79 Å². The van der Waals surface area contributed by atoms with Crippen molar-refractivity contribution in [2.45, 2.75) is 45.6 Å². The standard InChI is InChI=1S/C14H22N2O4S/c1-9-11(12(15-20-9)14(2,3)4)13(17)16(5)10-6-7-21(18,19)8-10/h10H,6-8H2,1-5H3. The molecule has 1 atom stereocenters. The summed E-state index contributed by atoms with van der Waals surface area (Å²) >= 11 is 0. The summed E-state index contributed by atoms with van der Waals surface area (Å²) in [5, 5.41) is 4.00. The Morgan fingerprint density at radius 1 is 1.38 bits per heavy atom. The van der Waals surface area contributed by atoms with Crippen molar-refractivity contribution in [1.29, 1.82) is 0 Å². The van der Waals surface area contributed by atoms with Crippen LogP contribution in [0.25, 0.3) is 0 Å². The SMILES string of the molecule is Cc1onc(C(C)(C)C)c1C(=O)N(C)C1CCS(=O)(=O)C1. The highest BCUT2D eigenvalue weighted by Crippen LogP contribution is 2.29. The third-order valence-electron chi connectivity index (χ3n) is 3.86. The molecule has 0 radical (unpaired) electrons. The van der Waals surface area contributed by atoms with Crippen LogP contribution in [-0.4, -0.2) is 49.0 Å². The molecule has 2 rings (SSSR count). The summed E-state index contributed by atoms with van der Waals surface area (Å²) < 4.78 is 28.3. The summed E-state index contributed by atoms with van der Waals surface area (Å²) in [4.78, 5) is 14.2. The molecule has 1 aliphatic heterocycles. The topological polar surface area (TPSA) is 80.5 Å². The lowest BCUT2D eigenvalue weighted by molar-refractivity contribution is 0.0743. The molecule has 1 unspecified atom stereocenters. The van der Waals surface area contributed by atoms with Gasteiger partial charge in [-0.1, -0.05) is 25.9 Å². The molecule has 1 aliphatic rings. The van der Waals surface area contributed by atoms with Crippen LogP contribution in [0.3, 0.4) is 0 Å². The first-order chi connectivity index (χ1) is 9.53. The summed E-state index contributed by atoms with van der Waals surface area (Å²) in [6, 6.07) is -0.274. The fraction of sp³-hybridized carbons (Fsp3) is 0.714. The smallest absolute Gasteiger partial charge is 0.259 e. The minimum Gasteiger partial charge on any atom is -0.361 e. The summed E-state index contributed by atoms with van der Waals surface area (Å²) in [6.07, 6.45) is 0.486. The highest BCUT2D eigenvalue weighted by Gasteiger charge is 2.36. The molecule has 0 bridgehead atoms. The van der Waals surface area contributed by atoms with E-state index in [1.807, 2.05) is 20.8 Å². The van der Waals surface area contributed by atoms with Gasteiger partial charge in [-0.05, 0) is 13.3 Å². The van der Waals surface area contributed by atoms with Gasteiger partial charge in [0.25, 0.3) is 5.91 Å². The number of nitrogens with zero attached hydrogens (tertiary/aromatic N) is 2. The Bertz CT molecular complexity index is 655. The van der Waals surface area contributed by atoms with Crippen molar-refractivity contribution >= 4 is 15.7 Å². The van der Waals surface area contributed by atoms with Crippen molar-refractivity contribution < 1.29 is 17.7 Å². The summed E-state index contributed by atoms with van der Waals surface area (Å²) in [5.41, 5.74) is 0.748. The highest BCUT2D eigenvalue weighted by atomic mass is 32.2. The van der Waals surface area contributed by atoms with Crippen LogP contribution in [0.15, 0.2) is 4.52 Å². The van der Waals surface area contributed by atoms with Crippen LogP contribution >= 0.6 is 0 Å². The molecular formula is C14H22N2O4S. The molecule has 21 heavy (non-hydrogen) atoms. The van der Waals surface area contributed by atoms with E-state index >= 15 is 0 Å². The van der Waals surface area contributed by atoms with Crippen LogP contribution in [0.2, 0.25) is 0 Å². The third-order valence-corrected chi connectivity index (χ3v) is 5.61. The van der Waals surface area contributed by atoms with Gasteiger partial charge in [0.1, 0.15) is 17.0 Å². The number of amides is 1. The summed E-state index contributed by atoms with van der Waals surface area (Å²) in [7, 11) is -1.38. The average molecular weight is 314 g/mol. The van der Waals surface area contributed by atoms with Crippen LogP contribution in [-0.2, 0) is 15.3 Å². The van der Waals surface area contributed by atoms with Crippen LogP contribution in [0, 0.1) is 6.92 Å². The van der Waals surface area contributed by atoms with Crippen molar-refractivity contribution in [3.63, 3.8) is 0 Å². The molecule has 118 valence electrons. The monoisotopic (exact) mass is 314 g/mol. The van der Waals surface area contributed by atoms with Crippen LogP contribution in [0.5, 0.6) is 0 Å². The van der Waals surface area contributed by atoms with Gasteiger partial charge in [-0.25, -0.2) is 8.42 Å². The molecule has 2 heterocycles. The second-order valence-electron chi connectivity index (χ2n) is 6.69. The molecule has 7 heteroatoms. The molecule has 1 saturated heterocycles. The molecule has 1 aromatic rings. The fourth-order valence-corrected chi connectivity index (χ4v) is 4.33. The van der Waals surface area contributed by atoms with Gasteiger partial charge >= 0.3 is 0 Å². The van der Waals surface area contributed by atoms with Crippen molar-refractivity contribution in [2.75, 3.05) is 18.6 Å². The first-order valence-corrected chi connectivity index (χ1v) is 8.79. The second-order valence-corrected chi connectivity index (χ2v) is 8.91. The molecular weight excluding hydrogens is 292 g/mol. The van der Waals surface area contributed by atoms with Crippen LogP contribution in [0.1, 0.15) is 49.0 Å². The minimum atomic E-state index is -3.02. The predicted octanol–water partition coefficient (Wildman–Crippen LogP) is 1.54. The molecule has 1 amide bonds. The number of aryl methyl sites for hydroxylation is 1. The van der Waals surface area contributed by atoms with E-state index in [1.165, 1.54) is 4.90 Å². The van der Waals surface area contributed by atoms with E-state index in [4.69, 9.17) is 4.52 Å². The van der Waals surface area contributed by atoms with Crippen molar-refractivity contribution in [2.24, 2.45) is 0 Å². The Labute approximate surface area is 125 Å². The largest absolute Gasteiger partial charge is 0.361 e. The molecule has 6 nitrogen and oxygen atoms in total. The molecule has 1 fully saturated rings. The van der Waals surface area contributed by atoms with E-state index in [0.29, 0.717) is 23.4 Å². The zero-order chi connectivity index (χ0) is 16.0. The van der Waals surface area contributed by atoms with Gasteiger partial charge in [-0.2, -0.15) is 0 Å². The first-order valence-electron chi connectivity index (χ1n) is 6.97. The number of hydrogen-bond donors (Lipinski definition) is 0. The van der Waals surface area contributed by atoms with E-state index in [2.05, 4.69) is 5.16 Å². The lowest BCUT2D eigenvalue weighted by Gasteiger charge is -2.25. The molecule has 0 aliphatic carbocycles. The molecule has 0 spiro atoms. The van der Waals surface area contributed by atoms with Gasteiger partial charge in [0, 0.05) is 18.5 Å².